The van der Waals surface area contributed by atoms with Gasteiger partial charge in [-0.2, -0.15) is 13.7 Å². The van der Waals surface area contributed by atoms with Gasteiger partial charge in [0, 0.05) is 6.07 Å². The standard InChI is InChI=1S/C18H25F2N3O6/c1-8-27-13(24)18(19,20)11-9-12(22-10-21-11)23(14(25)28-16(2,3)4)15(26)29-17(5,6)7/h9-10H,8H2,1-7H3. The van der Waals surface area contributed by atoms with E-state index >= 15 is 0 Å². The van der Waals surface area contributed by atoms with Gasteiger partial charge in [0.2, 0.25) is 0 Å². The molecule has 0 bridgehead atoms. The maximum absolute atomic E-state index is 14.3. The molecule has 0 aliphatic rings. The van der Waals surface area contributed by atoms with Crippen LogP contribution in [0.25, 0.3) is 0 Å². The van der Waals surface area contributed by atoms with Crippen LogP contribution in [0.1, 0.15) is 54.2 Å². The van der Waals surface area contributed by atoms with E-state index in [1.165, 1.54) is 6.92 Å². The maximum atomic E-state index is 14.3. The lowest BCUT2D eigenvalue weighted by molar-refractivity contribution is -0.173. The second-order valence-corrected chi connectivity index (χ2v) is 7.85. The molecule has 2 amide bonds. The summed E-state index contributed by atoms with van der Waals surface area (Å²) in [6.07, 6.45) is -1.72. The maximum Gasteiger partial charge on any atom is 0.425 e. The predicted octanol–water partition coefficient (Wildman–Crippen LogP) is 3.81. The zero-order chi connectivity index (χ0) is 22.6. The number of aromatic nitrogens is 2. The van der Waals surface area contributed by atoms with Gasteiger partial charge in [0.25, 0.3) is 0 Å². The fourth-order valence-corrected chi connectivity index (χ4v) is 1.84. The van der Waals surface area contributed by atoms with Crippen LogP contribution in [-0.2, 0) is 24.9 Å². The Hall–Kier alpha value is -2.85. The fourth-order valence-electron chi connectivity index (χ4n) is 1.84. The molecular formula is C18H25F2N3O6. The van der Waals surface area contributed by atoms with E-state index in [0.29, 0.717) is 17.3 Å². The highest BCUT2D eigenvalue weighted by molar-refractivity contribution is 6.08. The molecule has 11 heteroatoms. The molecular weight excluding hydrogens is 392 g/mol. The molecule has 0 aromatic carbocycles. The van der Waals surface area contributed by atoms with Gasteiger partial charge in [-0.1, -0.05) is 0 Å². The van der Waals surface area contributed by atoms with Crippen molar-refractivity contribution in [3.63, 3.8) is 0 Å². The summed E-state index contributed by atoms with van der Waals surface area (Å²) in [7, 11) is 0. The molecule has 0 saturated heterocycles. The number of halogens is 2. The number of ether oxygens (including phenoxy) is 3. The number of carbonyl (C=O) groups is 3. The number of nitrogens with zero attached hydrogens (tertiary/aromatic N) is 3. The minimum atomic E-state index is -4.12. The average Bonchev–Trinajstić information content (AvgIpc) is 2.52. The molecule has 162 valence electrons. The third-order valence-corrected chi connectivity index (χ3v) is 2.89. The van der Waals surface area contributed by atoms with Gasteiger partial charge in [-0.25, -0.2) is 24.4 Å². The number of alkyl halides is 2. The van der Waals surface area contributed by atoms with Gasteiger partial charge in [0.1, 0.15) is 23.2 Å². The Kier molecular flexibility index (Phi) is 7.23. The third-order valence-electron chi connectivity index (χ3n) is 2.89. The van der Waals surface area contributed by atoms with Gasteiger partial charge in [0.05, 0.1) is 6.61 Å². The van der Waals surface area contributed by atoms with E-state index in [1.807, 2.05) is 0 Å². The second kappa shape index (κ2) is 8.66. The molecule has 9 nitrogen and oxygen atoms in total. The summed E-state index contributed by atoms with van der Waals surface area (Å²) in [6.45, 7) is 10.4. The highest BCUT2D eigenvalue weighted by Crippen LogP contribution is 2.30. The molecule has 0 unspecified atom stereocenters. The number of carbonyl (C=O) groups excluding carboxylic acids is 3. The largest absolute Gasteiger partial charge is 0.461 e. The van der Waals surface area contributed by atoms with Gasteiger partial charge < -0.3 is 14.2 Å². The van der Waals surface area contributed by atoms with Crippen molar-refractivity contribution < 1.29 is 37.4 Å². The number of amides is 2. The molecule has 0 radical (unpaired) electrons. The summed E-state index contributed by atoms with van der Waals surface area (Å²) in [5.41, 5.74) is -3.05. The van der Waals surface area contributed by atoms with Crippen molar-refractivity contribution in [2.24, 2.45) is 0 Å². The molecule has 1 rings (SSSR count). The van der Waals surface area contributed by atoms with Crippen molar-refractivity contribution in [2.75, 3.05) is 11.5 Å². The van der Waals surface area contributed by atoms with Crippen LogP contribution in [0, 0.1) is 0 Å². The van der Waals surface area contributed by atoms with Crippen LogP contribution in [0.4, 0.5) is 24.2 Å². The molecule has 0 aliphatic carbocycles. The first-order valence-corrected chi connectivity index (χ1v) is 8.72. The molecule has 0 saturated carbocycles. The first kappa shape index (κ1) is 24.2. The highest BCUT2D eigenvalue weighted by atomic mass is 19.3. The minimum absolute atomic E-state index is 0.270. The van der Waals surface area contributed by atoms with E-state index in [1.54, 1.807) is 41.5 Å². The third kappa shape index (κ3) is 6.91. The van der Waals surface area contributed by atoms with Gasteiger partial charge in [-0.15, -0.1) is 0 Å². The van der Waals surface area contributed by atoms with E-state index in [0.717, 1.165) is 0 Å². The lowest BCUT2D eigenvalue weighted by Crippen LogP contribution is -2.44. The van der Waals surface area contributed by atoms with Gasteiger partial charge >= 0.3 is 24.1 Å². The highest BCUT2D eigenvalue weighted by Gasteiger charge is 2.45. The monoisotopic (exact) mass is 417 g/mol. The lowest BCUT2D eigenvalue weighted by atomic mass is 10.2. The summed E-state index contributed by atoms with van der Waals surface area (Å²) in [4.78, 5) is 44.1. The quantitative estimate of drug-likeness (QED) is 0.538. The Bertz CT molecular complexity index is 744. The fraction of sp³-hybridized carbons (Fsp3) is 0.611. The van der Waals surface area contributed by atoms with E-state index in [9.17, 15) is 23.2 Å². The zero-order valence-electron chi connectivity index (χ0n) is 17.4. The van der Waals surface area contributed by atoms with Gasteiger partial charge in [-0.05, 0) is 48.5 Å². The van der Waals surface area contributed by atoms with Gasteiger partial charge in [0.15, 0.2) is 5.82 Å². The van der Waals surface area contributed by atoms with Gasteiger partial charge in [-0.3, -0.25) is 0 Å². The molecule has 0 atom stereocenters. The summed E-state index contributed by atoms with van der Waals surface area (Å²) in [5.74, 6) is -6.51. The SMILES string of the molecule is CCOC(=O)C(F)(F)c1cc(N(C(=O)OC(C)(C)C)C(=O)OC(C)(C)C)ncn1. The molecule has 0 fully saturated rings. The number of esters is 1. The molecule has 1 aromatic heterocycles. The van der Waals surface area contributed by atoms with Crippen molar-refractivity contribution in [3.8, 4) is 0 Å². The first-order valence-electron chi connectivity index (χ1n) is 8.72. The van der Waals surface area contributed by atoms with E-state index in [4.69, 9.17) is 9.47 Å². The van der Waals surface area contributed by atoms with Crippen molar-refractivity contribution >= 4 is 24.0 Å². The minimum Gasteiger partial charge on any atom is -0.461 e. The molecule has 29 heavy (non-hydrogen) atoms. The normalized spacial score (nSPS) is 12.2. The molecule has 0 spiro atoms. The van der Waals surface area contributed by atoms with Crippen LogP contribution in [-0.4, -0.2) is 45.9 Å². The summed E-state index contributed by atoms with van der Waals surface area (Å²) >= 11 is 0. The second-order valence-electron chi connectivity index (χ2n) is 7.85. The summed E-state index contributed by atoms with van der Waals surface area (Å²) in [5, 5.41) is 0. The van der Waals surface area contributed by atoms with Crippen molar-refractivity contribution in [3.05, 3.63) is 18.1 Å². The van der Waals surface area contributed by atoms with Crippen LogP contribution in [0.2, 0.25) is 0 Å². The number of imide groups is 1. The van der Waals surface area contributed by atoms with Crippen LogP contribution in [0.5, 0.6) is 0 Å². The Morgan fingerprint density at radius 1 is 0.966 bits per heavy atom. The Morgan fingerprint density at radius 3 is 1.86 bits per heavy atom. The number of hydrogen-bond acceptors (Lipinski definition) is 8. The van der Waals surface area contributed by atoms with Crippen LogP contribution < -0.4 is 4.90 Å². The van der Waals surface area contributed by atoms with Crippen molar-refractivity contribution in [1.82, 2.24) is 9.97 Å². The van der Waals surface area contributed by atoms with E-state index < -0.39 is 46.8 Å². The molecule has 0 aliphatic heterocycles. The Morgan fingerprint density at radius 2 is 1.45 bits per heavy atom. The topological polar surface area (TPSA) is 108 Å². The summed E-state index contributed by atoms with van der Waals surface area (Å²) in [6, 6.07) is 0.616. The zero-order valence-corrected chi connectivity index (χ0v) is 17.4. The van der Waals surface area contributed by atoms with Crippen LogP contribution >= 0.6 is 0 Å². The first-order chi connectivity index (χ1) is 13.1. The molecule has 1 aromatic rings. The van der Waals surface area contributed by atoms with Crippen LogP contribution in [0.3, 0.4) is 0 Å². The summed E-state index contributed by atoms with van der Waals surface area (Å²) < 4.78 is 43.3. The number of anilines is 1. The Labute approximate surface area is 167 Å². The average molecular weight is 417 g/mol. The van der Waals surface area contributed by atoms with Crippen molar-refractivity contribution in [2.45, 2.75) is 65.6 Å². The lowest BCUT2D eigenvalue weighted by Gasteiger charge is -2.28. The molecule has 1 heterocycles. The number of hydrogen-bond donors (Lipinski definition) is 0. The number of rotatable bonds is 4. The smallest absolute Gasteiger partial charge is 0.425 e. The predicted molar refractivity (Wildman–Crippen MR) is 97.5 cm³/mol. The van der Waals surface area contributed by atoms with Crippen molar-refractivity contribution in [1.29, 1.82) is 0 Å². The van der Waals surface area contributed by atoms with E-state index in [2.05, 4.69) is 14.7 Å². The Balaban J connectivity index is 3.40. The van der Waals surface area contributed by atoms with Crippen LogP contribution in [0.15, 0.2) is 12.4 Å². The molecule has 0 N–H and O–H groups in total. The van der Waals surface area contributed by atoms with E-state index in [-0.39, 0.29) is 6.61 Å².